The van der Waals surface area contributed by atoms with E-state index in [0.717, 1.165) is 42.3 Å². The molecule has 32 heavy (non-hydrogen) atoms. The zero-order chi connectivity index (χ0) is 21.8. The number of carbonyl (C=O) groups is 1. The average molecular weight is 430 g/mol. The molecule has 2 bridgehead atoms. The van der Waals surface area contributed by atoms with Crippen LogP contribution in [0.2, 0.25) is 0 Å². The van der Waals surface area contributed by atoms with Crippen LogP contribution in [0.3, 0.4) is 0 Å². The Kier molecular flexibility index (Phi) is 4.74. The number of hydrogen-bond acceptors (Lipinski definition) is 3. The van der Waals surface area contributed by atoms with Crippen LogP contribution in [0.25, 0.3) is 11.0 Å². The molecule has 0 unspecified atom stereocenters. The number of aryl methyl sites for hydroxylation is 1. The van der Waals surface area contributed by atoms with Crippen molar-refractivity contribution in [3.8, 4) is 0 Å². The minimum atomic E-state index is -0.282. The van der Waals surface area contributed by atoms with Gasteiger partial charge in [-0.1, -0.05) is 30.3 Å². The second-order valence-corrected chi connectivity index (χ2v) is 9.88. The van der Waals surface area contributed by atoms with E-state index in [4.69, 9.17) is 9.72 Å². The lowest BCUT2D eigenvalue weighted by molar-refractivity contribution is 0.175. The summed E-state index contributed by atoms with van der Waals surface area (Å²) in [4.78, 5) is 19.7. The van der Waals surface area contributed by atoms with Crippen molar-refractivity contribution in [2.45, 2.75) is 64.0 Å². The molecular weight excluding hydrogens is 398 g/mol. The largest absolute Gasteiger partial charge is 0.452 e. The lowest BCUT2D eigenvalue weighted by atomic mass is 9.95. The van der Waals surface area contributed by atoms with E-state index in [-0.39, 0.29) is 12.1 Å². The molecule has 2 heterocycles. The van der Waals surface area contributed by atoms with Crippen molar-refractivity contribution in [2.24, 2.45) is 11.8 Å². The number of hydrogen-bond donors (Lipinski definition) is 0. The molecular formula is C27H31N3O2. The van der Waals surface area contributed by atoms with Gasteiger partial charge in [0.25, 0.3) is 0 Å². The topological polar surface area (TPSA) is 47.4 Å². The van der Waals surface area contributed by atoms with Crippen LogP contribution in [0, 0.1) is 11.8 Å². The molecule has 1 atom stereocenters. The van der Waals surface area contributed by atoms with E-state index in [2.05, 4.69) is 54.0 Å². The predicted molar refractivity (Wildman–Crippen MR) is 126 cm³/mol. The van der Waals surface area contributed by atoms with E-state index in [1.807, 2.05) is 4.90 Å². The molecule has 0 N–H and O–H groups in total. The quantitative estimate of drug-likeness (QED) is 0.521. The minimum Gasteiger partial charge on any atom is -0.452 e. The Morgan fingerprint density at radius 2 is 1.75 bits per heavy atom. The second-order valence-electron chi connectivity index (χ2n) is 9.88. The maximum atomic E-state index is 12.6. The summed E-state index contributed by atoms with van der Waals surface area (Å²) in [5, 5.41) is 0. The summed E-state index contributed by atoms with van der Waals surface area (Å²) in [6.07, 6.45) is 7.82. The average Bonchev–Trinajstić information content (AvgIpc) is 3.50. The van der Waals surface area contributed by atoms with Crippen LogP contribution >= 0.6 is 0 Å². The first-order chi connectivity index (χ1) is 15.7. The molecule has 3 aromatic rings. The van der Waals surface area contributed by atoms with E-state index >= 15 is 0 Å². The number of imidazole rings is 1. The van der Waals surface area contributed by atoms with E-state index in [1.54, 1.807) is 0 Å². The van der Waals surface area contributed by atoms with Gasteiger partial charge in [-0.25, -0.2) is 9.78 Å². The van der Waals surface area contributed by atoms with Gasteiger partial charge in [-0.3, -0.25) is 4.90 Å². The number of benzene rings is 2. The van der Waals surface area contributed by atoms with Crippen molar-refractivity contribution in [2.75, 3.05) is 12.0 Å². The minimum absolute atomic E-state index is 0.129. The summed E-state index contributed by atoms with van der Waals surface area (Å²) < 4.78 is 7.71. The third-order valence-corrected chi connectivity index (χ3v) is 8.18. The molecule has 166 valence electrons. The van der Waals surface area contributed by atoms with Gasteiger partial charge < -0.3 is 9.30 Å². The highest BCUT2D eigenvalue weighted by Crippen LogP contribution is 2.53. The van der Waals surface area contributed by atoms with Gasteiger partial charge >= 0.3 is 6.09 Å². The lowest BCUT2D eigenvalue weighted by Crippen LogP contribution is -2.42. The Balaban J connectivity index is 1.53. The first kappa shape index (κ1) is 19.8. The van der Waals surface area contributed by atoms with Crippen molar-refractivity contribution in [3.63, 3.8) is 0 Å². The summed E-state index contributed by atoms with van der Waals surface area (Å²) in [5.74, 6) is 2.72. The van der Waals surface area contributed by atoms with Crippen LogP contribution in [0.15, 0.2) is 42.5 Å². The molecule has 5 heteroatoms. The SMILES string of the molecule is COC(=O)N1c2ccc3c(nc(Cc4ccccc4)n3C3C4CCC3CC4)c2CC[C@@H]1C. The Bertz CT molecular complexity index is 1150. The first-order valence-electron chi connectivity index (χ1n) is 12.1. The number of aromatic nitrogens is 2. The van der Waals surface area contributed by atoms with Gasteiger partial charge in [0.1, 0.15) is 5.82 Å². The Morgan fingerprint density at radius 1 is 1.03 bits per heavy atom. The van der Waals surface area contributed by atoms with Crippen LogP contribution in [0.4, 0.5) is 10.5 Å². The predicted octanol–water partition coefficient (Wildman–Crippen LogP) is 5.90. The molecule has 5 nitrogen and oxygen atoms in total. The molecule has 0 spiro atoms. The molecule has 6 rings (SSSR count). The number of nitrogens with zero attached hydrogens (tertiary/aromatic N) is 3. The van der Waals surface area contributed by atoms with Gasteiger partial charge in [-0.15, -0.1) is 0 Å². The Labute approximate surface area is 189 Å². The number of methoxy groups -OCH3 is 1. The van der Waals surface area contributed by atoms with Gasteiger partial charge in [-0.05, 0) is 75.0 Å². The first-order valence-corrected chi connectivity index (χ1v) is 12.1. The van der Waals surface area contributed by atoms with Crippen molar-refractivity contribution in [3.05, 3.63) is 59.4 Å². The van der Waals surface area contributed by atoms with Gasteiger partial charge in [0.15, 0.2) is 0 Å². The number of ether oxygens (including phenoxy) is 1. The molecule has 1 aliphatic heterocycles. The van der Waals surface area contributed by atoms with Crippen molar-refractivity contribution in [1.82, 2.24) is 9.55 Å². The van der Waals surface area contributed by atoms with Crippen molar-refractivity contribution in [1.29, 1.82) is 0 Å². The molecule has 3 aliphatic rings. The number of anilines is 1. The van der Waals surface area contributed by atoms with Crippen LogP contribution < -0.4 is 4.90 Å². The molecule has 2 fully saturated rings. The highest BCUT2D eigenvalue weighted by Gasteiger charge is 2.44. The van der Waals surface area contributed by atoms with Crippen LogP contribution in [-0.2, 0) is 17.6 Å². The van der Waals surface area contributed by atoms with Gasteiger partial charge in [0.2, 0.25) is 0 Å². The number of fused-ring (bicyclic) bond motifs is 5. The maximum absolute atomic E-state index is 12.6. The van der Waals surface area contributed by atoms with Gasteiger partial charge in [0.05, 0.1) is 23.8 Å². The molecule has 2 aliphatic carbocycles. The molecule has 0 radical (unpaired) electrons. The third-order valence-electron chi connectivity index (χ3n) is 8.18. The molecule has 1 aromatic heterocycles. The second kappa shape index (κ2) is 7.65. The van der Waals surface area contributed by atoms with Crippen LogP contribution in [0.5, 0.6) is 0 Å². The highest BCUT2D eigenvalue weighted by atomic mass is 16.5. The van der Waals surface area contributed by atoms with Crippen molar-refractivity contribution >= 4 is 22.8 Å². The van der Waals surface area contributed by atoms with E-state index in [0.29, 0.717) is 6.04 Å². The molecule has 2 aromatic carbocycles. The van der Waals surface area contributed by atoms with Crippen molar-refractivity contribution < 1.29 is 9.53 Å². The van der Waals surface area contributed by atoms with E-state index in [9.17, 15) is 4.79 Å². The normalized spacial score (nSPS) is 26.5. The standard InChI is InChI=1S/C27H31N3O2/c1-17-8-13-21-22(29(17)27(31)32-2)14-15-23-25(21)28-24(16-18-6-4-3-5-7-18)30(23)26-19-9-10-20(26)12-11-19/h3-7,14-15,17,19-20,26H,8-13,16H2,1-2H3/t17-,19?,20?,26?/m0/s1. The fourth-order valence-corrected chi connectivity index (χ4v) is 6.69. The molecule has 2 saturated carbocycles. The molecule has 1 amide bonds. The van der Waals surface area contributed by atoms with E-state index < -0.39 is 0 Å². The third kappa shape index (κ3) is 2.97. The fraction of sp³-hybridized carbons (Fsp3) is 0.481. The Hall–Kier alpha value is -2.82. The molecule has 0 saturated heterocycles. The summed E-state index contributed by atoms with van der Waals surface area (Å²) in [5.41, 5.74) is 5.80. The zero-order valence-electron chi connectivity index (χ0n) is 19.0. The lowest BCUT2D eigenvalue weighted by Gasteiger charge is -2.34. The number of carbonyl (C=O) groups excluding carboxylic acids is 1. The summed E-state index contributed by atoms with van der Waals surface area (Å²) in [6.45, 7) is 2.10. The van der Waals surface area contributed by atoms with Crippen LogP contribution in [-0.4, -0.2) is 28.8 Å². The number of amides is 1. The summed E-state index contributed by atoms with van der Waals surface area (Å²) >= 11 is 0. The zero-order valence-corrected chi connectivity index (χ0v) is 19.0. The summed E-state index contributed by atoms with van der Waals surface area (Å²) in [7, 11) is 1.46. The maximum Gasteiger partial charge on any atom is 0.414 e. The highest BCUT2D eigenvalue weighted by molar-refractivity contribution is 5.95. The van der Waals surface area contributed by atoms with Gasteiger partial charge in [-0.2, -0.15) is 0 Å². The van der Waals surface area contributed by atoms with Crippen LogP contribution in [0.1, 0.15) is 62.0 Å². The smallest absolute Gasteiger partial charge is 0.414 e. The fourth-order valence-electron chi connectivity index (χ4n) is 6.69. The van der Waals surface area contributed by atoms with E-state index in [1.165, 1.54) is 55.3 Å². The summed E-state index contributed by atoms with van der Waals surface area (Å²) in [6, 6.07) is 15.7. The van der Waals surface area contributed by atoms with Gasteiger partial charge in [0, 0.05) is 24.1 Å². The number of rotatable bonds is 3. The monoisotopic (exact) mass is 429 g/mol. The Morgan fingerprint density at radius 3 is 2.44 bits per heavy atom.